The second kappa shape index (κ2) is 6.17. The van der Waals surface area contributed by atoms with Gasteiger partial charge in [-0.2, -0.15) is 0 Å². The minimum Gasteiger partial charge on any atom is -0.325 e. The van der Waals surface area contributed by atoms with Crippen LogP contribution in [0.5, 0.6) is 0 Å². The van der Waals surface area contributed by atoms with E-state index in [1.807, 2.05) is 29.7 Å². The lowest BCUT2D eigenvalue weighted by molar-refractivity contribution is 0.577. The molecule has 0 fully saturated rings. The van der Waals surface area contributed by atoms with Crippen LogP contribution in [0.25, 0.3) is 11.0 Å². The van der Waals surface area contributed by atoms with Gasteiger partial charge in [-0.05, 0) is 47.7 Å². The van der Waals surface area contributed by atoms with Gasteiger partial charge in [0.15, 0.2) is 0 Å². The number of rotatable bonds is 5. The fourth-order valence-electron chi connectivity index (χ4n) is 2.00. The predicted octanol–water partition coefficient (Wildman–Crippen LogP) is 2.49. The smallest absolute Gasteiger partial charge is 0.208 e. The molecular weight excluding hydrogens is 413 g/mol. The Hall–Kier alpha value is -0.380. The Balaban J connectivity index is 2.36. The molecule has 20 heavy (non-hydrogen) atoms. The minimum absolute atomic E-state index is 0.238. The predicted molar refractivity (Wildman–Crippen MR) is 89.6 cm³/mol. The van der Waals surface area contributed by atoms with Gasteiger partial charge in [-0.25, -0.2) is 18.1 Å². The lowest BCUT2D eigenvalue weighted by atomic mass is 10.3. The number of sulfonamides is 1. The summed E-state index contributed by atoms with van der Waals surface area (Å²) in [6.07, 6.45) is 1.15. The lowest BCUT2D eigenvalue weighted by Crippen LogP contribution is -2.26. The second-order valence-corrected chi connectivity index (χ2v) is 8.27. The summed E-state index contributed by atoms with van der Waals surface area (Å²) < 4.78 is 27.8. The number of alkyl halides is 1. The first kappa shape index (κ1) is 16.0. The largest absolute Gasteiger partial charge is 0.325 e. The van der Waals surface area contributed by atoms with Crippen molar-refractivity contribution in [1.29, 1.82) is 0 Å². The van der Waals surface area contributed by atoms with Crippen molar-refractivity contribution in [1.82, 2.24) is 14.3 Å². The highest BCUT2D eigenvalue weighted by molar-refractivity contribution is 14.1. The highest BCUT2D eigenvalue weighted by Gasteiger charge is 2.15. The number of nitrogens with one attached hydrogen (secondary N) is 1. The fraction of sp³-hybridized carbons (Fsp3) is 0.417. The summed E-state index contributed by atoms with van der Waals surface area (Å²) in [6, 6.07) is 5.96. The maximum atomic E-state index is 11.1. The number of imidazole rings is 1. The van der Waals surface area contributed by atoms with Crippen LogP contribution in [0.1, 0.15) is 18.1 Å². The first-order valence-corrected chi connectivity index (χ1v) is 9.43. The van der Waals surface area contributed by atoms with Gasteiger partial charge in [0.05, 0.1) is 22.7 Å². The minimum atomic E-state index is -3.19. The molecule has 8 heteroatoms. The molecule has 1 unspecified atom stereocenters. The molecule has 1 N–H and O–H groups in total. The number of fused-ring (bicyclic) bond motifs is 1. The second-order valence-electron chi connectivity index (χ2n) is 4.54. The van der Waals surface area contributed by atoms with Gasteiger partial charge in [0.1, 0.15) is 5.82 Å². The average molecular weight is 428 g/mol. The summed E-state index contributed by atoms with van der Waals surface area (Å²) in [5.74, 6) is 0.749. The van der Waals surface area contributed by atoms with Crippen molar-refractivity contribution >= 4 is 55.2 Å². The van der Waals surface area contributed by atoms with Gasteiger partial charge < -0.3 is 4.57 Å². The van der Waals surface area contributed by atoms with Crippen molar-refractivity contribution in [3.63, 3.8) is 0 Å². The standard InChI is InChI=1S/C12H15ClIN3O2S/c1-8(13)12-16-10-7-9(14)3-4-11(10)17(12)6-5-15-20(2,18)19/h3-4,7-8,15H,5-6H2,1-2H3. The lowest BCUT2D eigenvalue weighted by Gasteiger charge is -2.10. The zero-order chi connectivity index (χ0) is 14.9. The van der Waals surface area contributed by atoms with Crippen molar-refractivity contribution in [2.75, 3.05) is 12.8 Å². The van der Waals surface area contributed by atoms with E-state index >= 15 is 0 Å². The number of hydrogen-bond acceptors (Lipinski definition) is 3. The Bertz CT molecular complexity index is 728. The van der Waals surface area contributed by atoms with Crippen LogP contribution in [0.2, 0.25) is 0 Å². The third kappa shape index (κ3) is 3.84. The highest BCUT2D eigenvalue weighted by atomic mass is 127. The molecular formula is C12H15ClIN3O2S. The summed E-state index contributed by atoms with van der Waals surface area (Å²) in [7, 11) is -3.19. The average Bonchev–Trinajstić information content (AvgIpc) is 2.66. The van der Waals surface area contributed by atoms with Crippen molar-refractivity contribution in [3.05, 3.63) is 27.6 Å². The molecule has 0 aliphatic carbocycles. The fourth-order valence-corrected chi connectivity index (χ4v) is 3.11. The molecule has 0 saturated heterocycles. The van der Waals surface area contributed by atoms with Crippen molar-refractivity contribution in [3.8, 4) is 0 Å². The van der Waals surface area contributed by atoms with Crippen LogP contribution in [0, 0.1) is 3.57 Å². The van der Waals surface area contributed by atoms with Crippen molar-refractivity contribution < 1.29 is 8.42 Å². The zero-order valence-electron chi connectivity index (χ0n) is 11.1. The van der Waals surface area contributed by atoms with Crippen LogP contribution in [0.3, 0.4) is 0 Å². The van der Waals surface area contributed by atoms with Gasteiger partial charge in [0.25, 0.3) is 0 Å². The Morgan fingerprint density at radius 1 is 1.50 bits per heavy atom. The van der Waals surface area contributed by atoms with Gasteiger partial charge in [-0.15, -0.1) is 11.6 Å². The van der Waals surface area contributed by atoms with Crippen LogP contribution in [-0.4, -0.2) is 30.8 Å². The molecule has 1 aromatic heterocycles. The first-order chi connectivity index (χ1) is 9.28. The summed E-state index contributed by atoms with van der Waals surface area (Å²) in [5.41, 5.74) is 1.84. The van der Waals surface area contributed by atoms with Gasteiger partial charge in [0, 0.05) is 16.7 Å². The Labute approximate surface area is 136 Å². The molecule has 0 radical (unpaired) electrons. The zero-order valence-corrected chi connectivity index (χ0v) is 14.8. The van der Waals surface area contributed by atoms with Crippen LogP contribution in [-0.2, 0) is 16.6 Å². The quantitative estimate of drug-likeness (QED) is 0.589. The molecule has 0 spiro atoms. The number of aromatic nitrogens is 2. The molecule has 1 atom stereocenters. The molecule has 0 aliphatic heterocycles. The first-order valence-electron chi connectivity index (χ1n) is 6.02. The van der Waals surface area contributed by atoms with E-state index in [4.69, 9.17) is 11.6 Å². The molecule has 0 bridgehead atoms. The third-order valence-electron chi connectivity index (χ3n) is 2.80. The number of halogens is 2. The van der Waals surface area contributed by atoms with E-state index in [-0.39, 0.29) is 5.38 Å². The molecule has 0 saturated carbocycles. The van der Waals surface area contributed by atoms with E-state index in [9.17, 15) is 8.42 Å². The Morgan fingerprint density at radius 2 is 2.20 bits per heavy atom. The normalized spacial score (nSPS) is 13.8. The number of hydrogen-bond donors (Lipinski definition) is 1. The van der Waals surface area contributed by atoms with Crippen LogP contribution < -0.4 is 4.72 Å². The highest BCUT2D eigenvalue weighted by Crippen LogP contribution is 2.25. The van der Waals surface area contributed by atoms with Crippen molar-refractivity contribution in [2.45, 2.75) is 18.8 Å². The maximum Gasteiger partial charge on any atom is 0.208 e. The van der Waals surface area contributed by atoms with Crippen LogP contribution >= 0.6 is 34.2 Å². The molecule has 1 heterocycles. The van der Waals surface area contributed by atoms with Crippen LogP contribution in [0.4, 0.5) is 0 Å². The van der Waals surface area contributed by atoms with E-state index in [1.54, 1.807) is 0 Å². The molecule has 0 aliphatic rings. The maximum absolute atomic E-state index is 11.1. The van der Waals surface area contributed by atoms with Gasteiger partial charge in [0.2, 0.25) is 10.0 Å². The Kier molecular flexibility index (Phi) is 4.93. The van der Waals surface area contributed by atoms with Gasteiger partial charge >= 0.3 is 0 Å². The van der Waals surface area contributed by atoms with E-state index in [2.05, 4.69) is 32.3 Å². The molecule has 110 valence electrons. The molecule has 0 amide bonds. The van der Waals surface area contributed by atoms with Crippen molar-refractivity contribution in [2.24, 2.45) is 0 Å². The third-order valence-corrected chi connectivity index (χ3v) is 4.39. The summed E-state index contributed by atoms with van der Waals surface area (Å²) in [5, 5.41) is -0.238. The van der Waals surface area contributed by atoms with E-state index in [0.717, 1.165) is 26.7 Å². The van der Waals surface area contributed by atoms with E-state index in [0.29, 0.717) is 13.1 Å². The van der Waals surface area contributed by atoms with Gasteiger partial charge in [-0.3, -0.25) is 0 Å². The van der Waals surface area contributed by atoms with E-state index in [1.165, 1.54) is 0 Å². The summed E-state index contributed by atoms with van der Waals surface area (Å²) in [6.45, 7) is 2.66. The van der Waals surface area contributed by atoms with Gasteiger partial charge in [-0.1, -0.05) is 0 Å². The molecule has 2 aromatic rings. The summed E-state index contributed by atoms with van der Waals surface area (Å²) in [4.78, 5) is 4.54. The monoisotopic (exact) mass is 427 g/mol. The van der Waals surface area contributed by atoms with Crippen LogP contribution in [0.15, 0.2) is 18.2 Å². The summed E-state index contributed by atoms with van der Waals surface area (Å²) >= 11 is 8.40. The SMILES string of the molecule is CC(Cl)c1nc2cc(I)ccc2n1CCNS(C)(=O)=O. The van der Waals surface area contributed by atoms with E-state index < -0.39 is 10.0 Å². The molecule has 5 nitrogen and oxygen atoms in total. The number of benzene rings is 1. The Morgan fingerprint density at radius 3 is 2.80 bits per heavy atom. The number of nitrogens with zero attached hydrogens (tertiary/aromatic N) is 2. The topological polar surface area (TPSA) is 64.0 Å². The molecule has 1 aromatic carbocycles. The molecule has 2 rings (SSSR count).